The minimum atomic E-state index is -0.837. The van der Waals surface area contributed by atoms with Gasteiger partial charge in [-0.15, -0.1) is 0 Å². The molecule has 130 valence electrons. The number of rotatable bonds is 8. The molecule has 0 radical (unpaired) electrons. The molecule has 2 rings (SSSR count). The van der Waals surface area contributed by atoms with Crippen LogP contribution < -0.4 is 10.1 Å². The monoisotopic (exact) mass is 330 g/mol. The molecule has 1 N–H and O–H groups in total. The van der Waals surface area contributed by atoms with Crippen LogP contribution in [0.5, 0.6) is 5.75 Å². The van der Waals surface area contributed by atoms with E-state index in [1.54, 1.807) is 6.20 Å². The van der Waals surface area contributed by atoms with Gasteiger partial charge in [0.1, 0.15) is 16.9 Å². The average Bonchev–Trinajstić information content (AvgIpc) is 2.57. The van der Waals surface area contributed by atoms with E-state index in [2.05, 4.69) is 10.3 Å². The third-order valence-electron chi connectivity index (χ3n) is 3.95. The first-order chi connectivity index (χ1) is 11.6. The Kier molecular flexibility index (Phi) is 6.15. The van der Waals surface area contributed by atoms with E-state index in [1.165, 1.54) is 0 Å². The van der Waals surface area contributed by atoms with Crippen molar-refractivity contribution in [1.29, 1.82) is 0 Å². The Bertz CT molecular complexity index is 694. The van der Waals surface area contributed by atoms with E-state index < -0.39 is 5.60 Å². The number of carbonyl (C=O) groups is 1. The van der Waals surface area contributed by atoms with Crippen LogP contribution in [0.1, 0.15) is 40.5 Å². The van der Waals surface area contributed by atoms with Gasteiger partial charge in [-0.05, 0) is 51.5 Å². The summed E-state index contributed by atoms with van der Waals surface area (Å²) in [5.41, 5.74) is 0.621. The molecule has 24 heavy (non-hydrogen) atoms. The molecule has 1 heterocycles. The van der Waals surface area contributed by atoms with Crippen LogP contribution in [0, 0.1) is 0 Å². The Balaban J connectivity index is 2.36. The lowest BCUT2D eigenvalue weighted by molar-refractivity contribution is -0.139. The molecule has 1 atom stereocenters. The number of ether oxygens (including phenoxy) is 2. The summed E-state index contributed by atoms with van der Waals surface area (Å²) in [5.74, 6) is 0.577. The van der Waals surface area contributed by atoms with Gasteiger partial charge in [-0.2, -0.15) is 0 Å². The number of anilines is 1. The number of nitrogens with zero attached hydrogens (tertiary/aromatic N) is 1. The maximum absolute atomic E-state index is 12.8. The van der Waals surface area contributed by atoms with Crippen LogP contribution in [-0.2, 0) is 9.53 Å². The number of amides is 1. The Labute approximate surface area is 143 Å². The second-order valence-electron chi connectivity index (χ2n) is 5.81. The van der Waals surface area contributed by atoms with Gasteiger partial charge in [0.2, 0.25) is 0 Å². The summed E-state index contributed by atoms with van der Waals surface area (Å²) in [7, 11) is 0. The van der Waals surface area contributed by atoms with E-state index in [0.717, 1.165) is 17.3 Å². The smallest absolute Gasteiger partial charge is 0.256 e. The van der Waals surface area contributed by atoms with E-state index in [9.17, 15) is 4.79 Å². The largest absolute Gasteiger partial charge is 0.492 e. The van der Waals surface area contributed by atoms with Gasteiger partial charge in [-0.3, -0.25) is 9.78 Å². The highest BCUT2D eigenvalue weighted by Crippen LogP contribution is 2.31. The number of pyridine rings is 1. The molecule has 2 aromatic rings. The fourth-order valence-electron chi connectivity index (χ4n) is 2.83. The van der Waals surface area contributed by atoms with E-state index in [-0.39, 0.29) is 5.91 Å². The molecule has 0 fully saturated rings. The summed E-state index contributed by atoms with van der Waals surface area (Å²) < 4.78 is 11.3. The number of carbonyl (C=O) groups excluding carboxylic acids is 1. The number of benzene rings is 1. The third kappa shape index (κ3) is 3.85. The van der Waals surface area contributed by atoms with Crippen LogP contribution >= 0.6 is 0 Å². The molecule has 0 aliphatic heterocycles. The second-order valence-corrected chi connectivity index (χ2v) is 5.81. The molecule has 1 aromatic carbocycles. The van der Waals surface area contributed by atoms with Gasteiger partial charge >= 0.3 is 0 Å². The van der Waals surface area contributed by atoms with E-state index in [0.29, 0.717) is 31.1 Å². The molecule has 0 aliphatic rings. The van der Waals surface area contributed by atoms with Crippen molar-refractivity contribution in [2.45, 2.75) is 46.1 Å². The first-order valence-corrected chi connectivity index (χ1v) is 8.51. The molecular weight excluding hydrogens is 304 g/mol. The second kappa shape index (κ2) is 8.11. The summed E-state index contributed by atoms with van der Waals surface area (Å²) in [6, 6.07) is 7.47. The lowest BCUT2D eigenvalue weighted by Crippen LogP contribution is -2.42. The Morgan fingerprint density at radius 2 is 2.00 bits per heavy atom. The zero-order valence-electron chi connectivity index (χ0n) is 14.9. The minimum absolute atomic E-state index is 0.138. The summed E-state index contributed by atoms with van der Waals surface area (Å²) >= 11 is 0. The van der Waals surface area contributed by atoms with Gasteiger partial charge in [-0.25, -0.2) is 0 Å². The molecule has 0 aliphatic carbocycles. The lowest BCUT2D eigenvalue weighted by atomic mass is 9.98. The zero-order valence-corrected chi connectivity index (χ0v) is 14.9. The van der Waals surface area contributed by atoms with Gasteiger partial charge in [0, 0.05) is 18.2 Å². The van der Waals surface area contributed by atoms with Crippen molar-refractivity contribution in [1.82, 2.24) is 4.98 Å². The number of nitrogens with one attached hydrogen (secondary N) is 1. The normalized spacial score (nSPS) is 13.5. The van der Waals surface area contributed by atoms with Crippen molar-refractivity contribution < 1.29 is 14.3 Å². The molecule has 0 unspecified atom stereocenters. The van der Waals surface area contributed by atoms with Gasteiger partial charge in [-0.1, -0.05) is 13.3 Å². The van der Waals surface area contributed by atoms with Crippen molar-refractivity contribution in [3.63, 3.8) is 0 Å². The summed E-state index contributed by atoms with van der Waals surface area (Å²) in [6.45, 7) is 8.77. The summed E-state index contributed by atoms with van der Waals surface area (Å²) in [4.78, 5) is 17.2. The fourth-order valence-corrected chi connectivity index (χ4v) is 2.83. The highest BCUT2D eigenvalue weighted by atomic mass is 16.5. The predicted octanol–water partition coefficient (Wildman–Crippen LogP) is 4.17. The molecule has 0 bridgehead atoms. The molecule has 1 amide bonds. The molecule has 0 saturated heterocycles. The van der Waals surface area contributed by atoms with Crippen LogP contribution in [0.25, 0.3) is 10.9 Å². The predicted molar refractivity (Wildman–Crippen MR) is 96.5 cm³/mol. The number of aromatic nitrogens is 1. The quantitative estimate of drug-likeness (QED) is 0.789. The van der Waals surface area contributed by atoms with E-state index in [1.807, 2.05) is 52.0 Å². The summed E-state index contributed by atoms with van der Waals surface area (Å²) in [6.07, 6.45) is 3.26. The van der Waals surface area contributed by atoms with Crippen LogP contribution in [-0.4, -0.2) is 29.7 Å². The van der Waals surface area contributed by atoms with Crippen LogP contribution in [0.15, 0.2) is 30.5 Å². The average molecular weight is 330 g/mol. The maximum atomic E-state index is 12.8. The summed E-state index contributed by atoms with van der Waals surface area (Å²) in [5, 5.41) is 3.86. The number of fused-ring (bicyclic) bond motifs is 1. The van der Waals surface area contributed by atoms with Crippen molar-refractivity contribution >= 4 is 22.5 Å². The van der Waals surface area contributed by atoms with Gasteiger partial charge in [0.15, 0.2) is 0 Å². The molecule has 0 spiro atoms. The third-order valence-corrected chi connectivity index (χ3v) is 3.95. The molecular formula is C19H26N2O3. The SMILES string of the molecule is CCC[C@@](C)(OCC)C(=O)Nc1ccc(OCC)c2ncccc12. The van der Waals surface area contributed by atoms with Crippen molar-refractivity contribution in [3.05, 3.63) is 30.5 Å². The van der Waals surface area contributed by atoms with E-state index >= 15 is 0 Å². The van der Waals surface area contributed by atoms with Crippen molar-refractivity contribution in [3.8, 4) is 5.75 Å². The molecule has 5 nitrogen and oxygen atoms in total. The topological polar surface area (TPSA) is 60.5 Å². The highest BCUT2D eigenvalue weighted by Gasteiger charge is 2.33. The van der Waals surface area contributed by atoms with Crippen molar-refractivity contribution in [2.24, 2.45) is 0 Å². The highest BCUT2D eigenvalue weighted by molar-refractivity contribution is 6.05. The zero-order chi connectivity index (χ0) is 17.6. The number of hydrogen-bond donors (Lipinski definition) is 1. The number of hydrogen-bond acceptors (Lipinski definition) is 4. The van der Waals surface area contributed by atoms with Crippen LogP contribution in [0.3, 0.4) is 0 Å². The fraction of sp³-hybridized carbons (Fsp3) is 0.474. The van der Waals surface area contributed by atoms with Gasteiger partial charge in [0.25, 0.3) is 5.91 Å². The molecule has 1 aromatic heterocycles. The standard InChI is InChI=1S/C19H26N2O3/c1-5-12-19(4,24-7-3)18(22)21-15-10-11-16(23-6-2)17-14(15)9-8-13-20-17/h8-11,13H,5-7,12H2,1-4H3,(H,21,22)/t19-/m1/s1. The molecule has 5 heteroatoms. The maximum Gasteiger partial charge on any atom is 0.256 e. The Morgan fingerprint density at radius 1 is 1.21 bits per heavy atom. The first kappa shape index (κ1) is 18.2. The van der Waals surface area contributed by atoms with Crippen molar-refractivity contribution in [2.75, 3.05) is 18.5 Å². The van der Waals surface area contributed by atoms with Crippen LogP contribution in [0.4, 0.5) is 5.69 Å². The molecule has 0 saturated carbocycles. The van der Waals surface area contributed by atoms with Gasteiger partial charge < -0.3 is 14.8 Å². The Hall–Kier alpha value is -2.14. The first-order valence-electron chi connectivity index (χ1n) is 8.51. The minimum Gasteiger partial charge on any atom is -0.492 e. The van der Waals surface area contributed by atoms with Crippen LogP contribution in [0.2, 0.25) is 0 Å². The van der Waals surface area contributed by atoms with E-state index in [4.69, 9.17) is 9.47 Å². The Morgan fingerprint density at radius 3 is 2.67 bits per heavy atom. The lowest BCUT2D eigenvalue weighted by Gasteiger charge is -2.28. The van der Waals surface area contributed by atoms with Gasteiger partial charge in [0.05, 0.1) is 12.3 Å².